The largest absolute Gasteiger partial charge is 0.325 e. The second-order valence-electron chi connectivity index (χ2n) is 8.73. The van der Waals surface area contributed by atoms with E-state index < -0.39 is 5.41 Å². The second kappa shape index (κ2) is 8.25. The lowest BCUT2D eigenvalue weighted by Crippen LogP contribution is -2.38. The number of nitrogens with one attached hydrogen (secondary N) is 1. The number of fused-ring (bicyclic) bond motifs is 1. The van der Waals surface area contributed by atoms with Crippen molar-refractivity contribution in [3.8, 4) is 11.4 Å². The van der Waals surface area contributed by atoms with Crippen molar-refractivity contribution in [3.05, 3.63) is 65.7 Å². The fraction of sp³-hybridized carbons (Fsp3) is 0.400. The van der Waals surface area contributed by atoms with Gasteiger partial charge in [0.1, 0.15) is 11.6 Å². The summed E-state index contributed by atoms with van der Waals surface area (Å²) in [5.41, 5.74) is 2.00. The highest BCUT2D eigenvalue weighted by Gasteiger charge is 2.42. The van der Waals surface area contributed by atoms with Gasteiger partial charge in [-0.2, -0.15) is 0 Å². The maximum Gasteiger partial charge on any atom is 0.235 e. The zero-order valence-electron chi connectivity index (χ0n) is 17.6. The zero-order valence-corrected chi connectivity index (χ0v) is 17.6. The SMILES string of the molecule is O=C(Nc1cccc(-c2nnc3n2CCCCC3)c1)C1(c2ccc(F)cc2)CCCC1. The number of nitrogens with zero attached hydrogens (tertiary/aromatic N) is 3. The molecule has 0 saturated heterocycles. The summed E-state index contributed by atoms with van der Waals surface area (Å²) in [6.07, 6.45) is 8.01. The standard InChI is InChI=1S/C25H27FN4O/c26-20-12-10-19(11-13-20)25(14-3-4-15-25)24(31)27-21-8-6-7-18(17-21)23-29-28-22-9-2-1-5-16-30(22)23/h6-8,10-13,17H,1-5,9,14-16H2,(H,27,31). The van der Waals surface area contributed by atoms with Crippen LogP contribution < -0.4 is 5.32 Å². The molecule has 1 amide bonds. The van der Waals surface area contributed by atoms with E-state index in [9.17, 15) is 9.18 Å². The van der Waals surface area contributed by atoms with Crippen molar-refractivity contribution in [1.82, 2.24) is 14.8 Å². The summed E-state index contributed by atoms with van der Waals surface area (Å²) in [6.45, 7) is 0.932. The third-order valence-electron chi connectivity index (χ3n) is 6.78. The summed E-state index contributed by atoms with van der Waals surface area (Å²) < 4.78 is 15.7. The van der Waals surface area contributed by atoms with Crippen LogP contribution in [0.4, 0.5) is 10.1 Å². The molecule has 5 rings (SSSR count). The van der Waals surface area contributed by atoms with Gasteiger partial charge < -0.3 is 9.88 Å². The summed E-state index contributed by atoms with van der Waals surface area (Å²) >= 11 is 0. The second-order valence-corrected chi connectivity index (χ2v) is 8.73. The van der Waals surface area contributed by atoms with Gasteiger partial charge in [0.25, 0.3) is 0 Å². The van der Waals surface area contributed by atoms with Crippen LogP contribution in [-0.4, -0.2) is 20.7 Å². The number of carbonyl (C=O) groups is 1. The molecule has 31 heavy (non-hydrogen) atoms. The lowest BCUT2D eigenvalue weighted by atomic mass is 9.78. The van der Waals surface area contributed by atoms with Gasteiger partial charge in [-0.1, -0.05) is 43.5 Å². The Balaban J connectivity index is 1.42. The molecule has 1 aliphatic carbocycles. The van der Waals surface area contributed by atoms with Crippen LogP contribution in [0.3, 0.4) is 0 Å². The summed E-state index contributed by atoms with van der Waals surface area (Å²) in [7, 11) is 0. The summed E-state index contributed by atoms with van der Waals surface area (Å²) in [4.78, 5) is 13.5. The average molecular weight is 419 g/mol. The van der Waals surface area contributed by atoms with Gasteiger partial charge in [0.05, 0.1) is 5.41 Å². The molecule has 3 aromatic rings. The molecule has 0 atom stereocenters. The van der Waals surface area contributed by atoms with Crippen molar-refractivity contribution in [1.29, 1.82) is 0 Å². The number of rotatable bonds is 4. The van der Waals surface area contributed by atoms with E-state index in [-0.39, 0.29) is 11.7 Å². The number of amides is 1. The fourth-order valence-corrected chi connectivity index (χ4v) is 5.08. The van der Waals surface area contributed by atoms with Gasteiger partial charge in [-0.15, -0.1) is 10.2 Å². The van der Waals surface area contributed by atoms with E-state index in [1.165, 1.54) is 18.6 Å². The number of benzene rings is 2. The quantitative estimate of drug-likeness (QED) is 0.629. The van der Waals surface area contributed by atoms with Gasteiger partial charge in [0, 0.05) is 24.2 Å². The molecule has 5 nitrogen and oxygen atoms in total. The Hall–Kier alpha value is -3.02. The maximum absolute atomic E-state index is 13.5. The topological polar surface area (TPSA) is 59.8 Å². The fourth-order valence-electron chi connectivity index (χ4n) is 5.08. The van der Waals surface area contributed by atoms with Gasteiger partial charge in [-0.3, -0.25) is 4.79 Å². The summed E-state index contributed by atoms with van der Waals surface area (Å²) in [5, 5.41) is 12.0. The molecule has 1 fully saturated rings. The molecular weight excluding hydrogens is 391 g/mol. The summed E-state index contributed by atoms with van der Waals surface area (Å²) in [5.74, 6) is 1.61. The van der Waals surface area contributed by atoms with E-state index >= 15 is 0 Å². The van der Waals surface area contributed by atoms with E-state index in [0.29, 0.717) is 0 Å². The molecule has 1 saturated carbocycles. The van der Waals surface area contributed by atoms with Crippen molar-refractivity contribution >= 4 is 11.6 Å². The number of anilines is 1. The van der Waals surface area contributed by atoms with E-state index in [2.05, 4.69) is 20.1 Å². The van der Waals surface area contributed by atoms with Crippen LogP contribution in [0.2, 0.25) is 0 Å². The molecule has 6 heteroatoms. The predicted molar refractivity (Wildman–Crippen MR) is 118 cm³/mol. The monoisotopic (exact) mass is 418 g/mol. The zero-order chi connectivity index (χ0) is 21.3. The van der Waals surface area contributed by atoms with Gasteiger partial charge >= 0.3 is 0 Å². The minimum Gasteiger partial charge on any atom is -0.325 e. The lowest BCUT2D eigenvalue weighted by Gasteiger charge is -2.28. The van der Waals surface area contributed by atoms with Gasteiger partial charge in [0.15, 0.2) is 5.82 Å². The van der Waals surface area contributed by atoms with Crippen LogP contribution in [0, 0.1) is 5.82 Å². The number of aryl methyl sites for hydroxylation is 1. The molecule has 160 valence electrons. The lowest BCUT2D eigenvalue weighted by molar-refractivity contribution is -0.121. The highest BCUT2D eigenvalue weighted by atomic mass is 19.1. The van der Waals surface area contributed by atoms with E-state index in [1.54, 1.807) is 12.1 Å². The highest BCUT2D eigenvalue weighted by molar-refractivity contribution is 5.99. The van der Waals surface area contributed by atoms with Crippen molar-refractivity contribution in [3.63, 3.8) is 0 Å². The number of carbonyl (C=O) groups excluding carboxylic acids is 1. The third kappa shape index (κ3) is 3.75. The van der Waals surface area contributed by atoms with Crippen LogP contribution in [0.15, 0.2) is 48.5 Å². The Morgan fingerprint density at radius 3 is 2.58 bits per heavy atom. The van der Waals surface area contributed by atoms with Crippen LogP contribution in [0.1, 0.15) is 56.3 Å². The highest BCUT2D eigenvalue weighted by Crippen LogP contribution is 2.42. The smallest absolute Gasteiger partial charge is 0.235 e. The van der Waals surface area contributed by atoms with Crippen molar-refractivity contribution in [2.45, 2.75) is 63.3 Å². The van der Waals surface area contributed by atoms with E-state index in [0.717, 1.165) is 80.0 Å². The first-order valence-corrected chi connectivity index (χ1v) is 11.3. The third-order valence-corrected chi connectivity index (χ3v) is 6.78. The normalized spacial score (nSPS) is 17.7. The first-order chi connectivity index (χ1) is 15.2. The molecule has 0 spiro atoms. The Morgan fingerprint density at radius 1 is 0.968 bits per heavy atom. The van der Waals surface area contributed by atoms with Gasteiger partial charge in [-0.25, -0.2) is 4.39 Å². The van der Waals surface area contributed by atoms with Crippen LogP contribution >= 0.6 is 0 Å². The number of hydrogen-bond acceptors (Lipinski definition) is 3. The molecule has 2 aliphatic rings. The van der Waals surface area contributed by atoms with Crippen molar-refractivity contribution in [2.75, 3.05) is 5.32 Å². The minimum absolute atomic E-state index is 0.0196. The molecule has 1 aliphatic heterocycles. The Morgan fingerprint density at radius 2 is 1.77 bits per heavy atom. The predicted octanol–water partition coefficient (Wildman–Crippen LogP) is 5.26. The maximum atomic E-state index is 13.5. The van der Waals surface area contributed by atoms with Crippen molar-refractivity contribution < 1.29 is 9.18 Å². The van der Waals surface area contributed by atoms with Crippen LogP contribution in [-0.2, 0) is 23.2 Å². The molecule has 2 heterocycles. The summed E-state index contributed by atoms with van der Waals surface area (Å²) in [6, 6.07) is 14.2. The number of hydrogen-bond donors (Lipinski definition) is 1. The Labute approximate surface area is 181 Å². The molecule has 2 aromatic carbocycles. The molecule has 1 N–H and O–H groups in total. The minimum atomic E-state index is -0.602. The Bertz CT molecular complexity index is 1080. The van der Waals surface area contributed by atoms with Crippen molar-refractivity contribution in [2.24, 2.45) is 0 Å². The molecule has 1 aromatic heterocycles. The molecular formula is C25H27FN4O. The van der Waals surface area contributed by atoms with E-state index in [4.69, 9.17) is 0 Å². The molecule has 0 bridgehead atoms. The molecule has 0 radical (unpaired) electrons. The van der Waals surface area contributed by atoms with Gasteiger partial charge in [-0.05, 0) is 55.5 Å². The first-order valence-electron chi connectivity index (χ1n) is 11.3. The van der Waals surface area contributed by atoms with Crippen LogP contribution in [0.5, 0.6) is 0 Å². The number of halogens is 1. The van der Waals surface area contributed by atoms with Crippen LogP contribution in [0.25, 0.3) is 11.4 Å². The average Bonchev–Trinajstić information content (AvgIpc) is 3.37. The van der Waals surface area contributed by atoms with Gasteiger partial charge in [0.2, 0.25) is 5.91 Å². The Kier molecular flexibility index (Phi) is 5.30. The molecule has 0 unspecified atom stereocenters. The number of aromatic nitrogens is 3. The van der Waals surface area contributed by atoms with E-state index in [1.807, 2.05) is 24.3 Å². The first kappa shape index (κ1) is 19.9.